The number of amides is 1. The van der Waals surface area contributed by atoms with Gasteiger partial charge >= 0.3 is 0 Å². The quantitative estimate of drug-likeness (QED) is 0.548. The van der Waals surface area contributed by atoms with Crippen LogP contribution in [-0.2, 0) is 6.42 Å². The van der Waals surface area contributed by atoms with Crippen LogP contribution in [0.2, 0.25) is 0 Å². The second-order valence-electron chi connectivity index (χ2n) is 6.44. The molecule has 1 amide bonds. The number of hydrogen-bond acceptors (Lipinski definition) is 3. The summed E-state index contributed by atoms with van der Waals surface area (Å²) in [6.07, 6.45) is 1.81. The first kappa shape index (κ1) is 19.5. The summed E-state index contributed by atoms with van der Waals surface area (Å²) in [5, 5.41) is 2.89. The normalized spacial score (nSPS) is 10.3. The summed E-state index contributed by atoms with van der Waals surface area (Å²) in [6, 6.07) is 24.8. The second kappa shape index (κ2) is 10.2. The third-order valence-corrected chi connectivity index (χ3v) is 4.20. The summed E-state index contributed by atoms with van der Waals surface area (Å²) in [5.41, 5.74) is 2.57. The summed E-state index contributed by atoms with van der Waals surface area (Å²) >= 11 is 0. The van der Waals surface area contributed by atoms with Crippen molar-refractivity contribution in [3.8, 4) is 11.5 Å². The standard InChI is InChI=1S/C24H25NO3/c1-2-17-27-22-12-8-20(9-13-22)24(26)25-21-10-14-23(15-11-21)28-18-16-19-6-4-3-5-7-19/h3-15H,2,16-18H2,1H3,(H,25,26). The summed E-state index contributed by atoms with van der Waals surface area (Å²) in [7, 11) is 0. The minimum atomic E-state index is -0.153. The highest BCUT2D eigenvalue weighted by Gasteiger charge is 2.06. The number of anilines is 1. The molecule has 3 rings (SSSR count). The lowest BCUT2D eigenvalue weighted by molar-refractivity contribution is 0.102. The minimum Gasteiger partial charge on any atom is -0.494 e. The molecule has 3 aromatic carbocycles. The zero-order chi connectivity index (χ0) is 19.6. The molecule has 144 valence electrons. The Balaban J connectivity index is 1.48. The Morgan fingerprint density at radius 1 is 0.786 bits per heavy atom. The molecule has 4 nitrogen and oxygen atoms in total. The molecule has 0 aliphatic heterocycles. The molecular weight excluding hydrogens is 350 g/mol. The van der Waals surface area contributed by atoms with E-state index < -0.39 is 0 Å². The highest BCUT2D eigenvalue weighted by molar-refractivity contribution is 6.04. The molecule has 0 atom stereocenters. The number of rotatable bonds is 9. The molecular formula is C24H25NO3. The Kier molecular flexibility index (Phi) is 7.08. The van der Waals surface area contributed by atoms with E-state index in [1.54, 1.807) is 12.1 Å². The van der Waals surface area contributed by atoms with E-state index in [9.17, 15) is 4.79 Å². The van der Waals surface area contributed by atoms with Gasteiger partial charge in [0.15, 0.2) is 0 Å². The van der Waals surface area contributed by atoms with Crippen molar-refractivity contribution in [3.05, 3.63) is 90.0 Å². The SMILES string of the molecule is CCCOc1ccc(C(=O)Nc2ccc(OCCc3ccccc3)cc2)cc1. The largest absolute Gasteiger partial charge is 0.494 e. The number of ether oxygens (including phenoxy) is 2. The molecule has 0 bridgehead atoms. The Morgan fingerprint density at radius 2 is 1.39 bits per heavy atom. The zero-order valence-corrected chi connectivity index (χ0v) is 16.1. The molecule has 0 aliphatic rings. The summed E-state index contributed by atoms with van der Waals surface area (Å²) < 4.78 is 11.3. The first-order valence-electron chi connectivity index (χ1n) is 9.55. The number of carbonyl (C=O) groups is 1. The smallest absolute Gasteiger partial charge is 0.255 e. The number of carbonyl (C=O) groups excluding carboxylic acids is 1. The summed E-state index contributed by atoms with van der Waals surface area (Å²) in [6.45, 7) is 3.34. The van der Waals surface area contributed by atoms with Crippen molar-refractivity contribution in [1.82, 2.24) is 0 Å². The molecule has 0 fully saturated rings. The molecule has 0 unspecified atom stereocenters. The first-order valence-corrected chi connectivity index (χ1v) is 9.55. The van der Waals surface area contributed by atoms with E-state index in [1.807, 2.05) is 54.6 Å². The molecule has 0 spiro atoms. The van der Waals surface area contributed by atoms with Crippen LogP contribution in [0.5, 0.6) is 11.5 Å². The van der Waals surface area contributed by atoms with Crippen molar-refractivity contribution >= 4 is 11.6 Å². The van der Waals surface area contributed by atoms with Gasteiger partial charge in [-0.25, -0.2) is 0 Å². The summed E-state index contributed by atoms with van der Waals surface area (Å²) in [4.78, 5) is 12.4. The van der Waals surface area contributed by atoms with Gasteiger partial charge in [0, 0.05) is 17.7 Å². The van der Waals surface area contributed by atoms with Gasteiger partial charge in [-0.2, -0.15) is 0 Å². The van der Waals surface area contributed by atoms with Gasteiger partial charge in [0.05, 0.1) is 13.2 Å². The lowest BCUT2D eigenvalue weighted by Crippen LogP contribution is -2.11. The fourth-order valence-corrected chi connectivity index (χ4v) is 2.69. The van der Waals surface area contributed by atoms with Crippen LogP contribution in [0, 0.1) is 0 Å². The maximum Gasteiger partial charge on any atom is 0.255 e. The van der Waals surface area contributed by atoms with Gasteiger partial charge in [-0.05, 0) is 60.5 Å². The van der Waals surface area contributed by atoms with Crippen molar-refractivity contribution in [2.75, 3.05) is 18.5 Å². The molecule has 0 saturated heterocycles. The van der Waals surface area contributed by atoms with E-state index in [1.165, 1.54) is 5.56 Å². The predicted octanol–water partition coefficient (Wildman–Crippen LogP) is 5.35. The summed E-state index contributed by atoms with van der Waals surface area (Å²) in [5.74, 6) is 1.40. The highest BCUT2D eigenvalue weighted by Crippen LogP contribution is 2.18. The van der Waals surface area contributed by atoms with Gasteiger partial charge in [-0.15, -0.1) is 0 Å². The van der Waals surface area contributed by atoms with Crippen LogP contribution in [0.15, 0.2) is 78.9 Å². The third-order valence-electron chi connectivity index (χ3n) is 4.20. The van der Waals surface area contributed by atoms with E-state index in [0.717, 1.165) is 30.0 Å². The van der Waals surface area contributed by atoms with Gasteiger partial charge in [0.2, 0.25) is 0 Å². The van der Waals surface area contributed by atoms with Gasteiger partial charge in [0.1, 0.15) is 11.5 Å². The maximum absolute atomic E-state index is 12.4. The first-order chi connectivity index (χ1) is 13.7. The molecule has 4 heteroatoms. The van der Waals surface area contributed by atoms with Gasteiger partial charge in [-0.1, -0.05) is 37.3 Å². The Bertz CT molecular complexity index is 859. The fourth-order valence-electron chi connectivity index (χ4n) is 2.69. The molecule has 28 heavy (non-hydrogen) atoms. The molecule has 0 saturated carbocycles. The van der Waals surface area contributed by atoms with E-state index >= 15 is 0 Å². The van der Waals surface area contributed by atoms with Crippen LogP contribution in [0.25, 0.3) is 0 Å². The Labute approximate surface area is 166 Å². The average Bonchev–Trinajstić information content (AvgIpc) is 2.74. The van der Waals surface area contributed by atoms with Crippen LogP contribution >= 0.6 is 0 Å². The monoisotopic (exact) mass is 375 g/mol. The fraction of sp³-hybridized carbons (Fsp3) is 0.208. The lowest BCUT2D eigenvalue weighted by atomic mass is 10.2. The average molecular weight is 375 g/mol. The third kappa shape index (κ3) is 5.88. The molecule has 1 N–H and O–H groups in total. The van der Waals surface area contributed by atoms with Crippen LogP contribution in [-0.4, -0.2) is 19.1 Å². The number of benzene rings is 3. The Hall–Kier alpha value is -3.27. The van der Waals surface area contributed by atoms with Crippen molar-refractivity contribution in [2.24, 2.45) is 0 Å². The van der Waals surface area contributed by atoms with Crippen LogP contribution in [0.3, 0.4) is 0 Å². The molecule has 3 aromatic rings. The minimum absolute atomic E-state index is 0.153. The van der Waals surface area contributed by atoms with Gasteiger partial charge in [-0.3, -0.25) is 4.79 Å². The zero-order valence-electron chi connectivity index (χ0n) is 16.1. The number of hydrogen-bond donors (Lipinski definition) is 1. The molecule has 0 aromatic heterocycles. The molecule has 0 radical (unpaired) electrons. The van der Waals surface area contributed by atoms with E-state index in [-0.39, 0.29) is 5.91 Å². The molecule has 0 aliphatic carbocycles. The van der Waals surface area contributed by atoms with E-state index in [4.69, 9.17) is 9.47 Å². The lowest BCUT2D eigenvalue weighted by Gasteiger charge is -2.09. The van der Waals surface area contributed by atoms with Crippen molar-refractivity contribution in [1.29, 1.82) is 0 Å². The Morgan fingerprint density at radius 3 is 2.04 bits per heavy atom. The van der Waals surface area contributed by atoms with Crippen LogP contribution in [0.4, 0.5) is 5.69 Å². The maximum atomic E-state index is 12.4. The van der Waals surface area contributed by atoms with Gasteiger partial charge in [0.25, 0.3) is 5.91 Å². The van der Waals surface area contributed by atoms with Crippen LogP contribution < -0.4 is 14.8 Å². The second-order valence-corrected chi connectivity index (χ2v) is 6.44. The van der Waals surface area contributed by atoms with Gasteiger partial charge < -0.3 is 14.8 Å². The number of nitrogens with one attached hydrogen (secondary N) is 1. The predicted molar refractivity (Wildman–Crippen MR) is 112 cm³/mol. The van der Waals surface area contributed by atoms with Crippen LogP contribution in [0.1, 0.15) is 29.3 Å². The molecule has 0 heterocycles. The highest BCUT2D eigenvalue weighted by atomic mass is 16.5. The van der Waals surface area contributed by atoms with Crippen molar-refractivity contribution in [2.45, 2.75) is 19.8 Å². The van der Waals surface area contributed by atoms with E-state index in [0.29, 0.717) is 18.8 Å². The topological polar surface area (TPSA) is 47.6 Å². The van der Waals surface area contributed by atoms with Crippen molar-refractivity contribution < 1.29 is 14.3 Å². The van der Waals surface area contributed by atoms with Crippen molar-refractivity contribution in [3.63, 3.8) is 0 Å². The van der Waals surface area contributed by atoms with E-state index in [2.05, 4.69) is 24.4 Å².